The number of carbonyl (C=O) groups excluding carboxylic acids is 1. The largest absolute Gasteiger partial charge is 0.497 e. The van der Waals surface area contributed by atoms with Gasteiger partial charge in [0.1, 0.15) is 11.5 Å². The molecule has 4 rings (SSSR count). The first-order valence-electron chi connectivity index (χ1n) is 10.8. The Morgan fingerprint density at radius 1 is 0.969 bits per heavy atom. The van der Waals surface area contributed by atoms with Crippen molar-refractivity contribution in [2.24, 2.45) is 5.92 Å². The molecule has 3 aromatic rings. The van der Waals surface area contributed by atoms with Crippen molar-refractivity contribution in [2.45, 2.75) is 19.4 Å². The highest BCUT2D eigenvalue weighted by Gasteiger charge is 2.26. The molecule has 32 heavy (non-hydrogen) atoms. The minimum absolute atomic E-state index is 0.0648. The first kappa shape index (κ1) is 21.6. The molecule has 0 radical (unpaired) electrons. The summed E-state index contributed by atoms with van der Waals surface area (Å²) in [4.78, 5) is 14.9. The second kappa shape index (κ2) is 10.1. The Morgan fingerprint density at radius 2 is 1.66 bits per heavy atom. The number of methoxy groups -OCH3 is 2. The fourth-order valence-corrected chi connectivity index (χ4v) is 3.89. The van der Waals surface area contributed by atoms with E-state index in [-0.39, 0.29) is 11.8 Å². The molecule has 0 bridgehead atoms. The Bertz CT molecular complexity index is 1020. The monoisotopic (exact) mass is 432 g/mol. The number of hydrogen-bond donors (Lipinski definition) is 1. The van der Waals surface area contributed by atoms with Gasteiger partial charge in [0, 0.05) is 25.2 Å². The lowest BCUT2D eigenvalue weighted by Crippen LogP contribution is -2.43. The molecule has 1 N–H and O–H groups in total. The summed E-state index contributed by atoms with van der Waals surface area (Å²) in [5.74, 6) is 2.43. The number of amides is 1. The number of aromatic nitrogens is 2. The van der Waals surface area contributed by atoms with Gasteiger partial charge < -0.3 is 19.7 Å². The smallest absolute Gasteiger partial charge is 0.225 e. The molecule has 1 saturated heterocycles. The predicted molar refractivity (Wildman–Crippen MR) is 124 cm³/mol. The Morgan fingerprint density at radius 3 is 2.28 bits per heavy atom. The van der Waals surface area contributed by atoms with E-state index in [1.807, 2.05) is 60.7 Å². The van der Waals surface area contributed by atoms with Crippen LogP contribution in [-0.4, -0.2) is 43.4 Å². The van der Waals surface area contributed by atoms with Crippen LogP contribution in [0.1, 0.15) is 18.4 Å². The molecule has 1 aliphatic heterocycles. The lowest BCUT2D eigenvalue weighted by atomic mass is 9.97. The number of ether oxygens (including phenoxy) is 2. The highest BCUT2D eigenvalue weighted by molar-refractivity contribution is 5.79. The van der Waals surface area contributed by atoms with E-state index in [1.165, 1.54) is 0 Å². The van der Waals surface area contributed by atoms with Crippen molar-refractivity contribution < 1.29 is 14.3 Å². The van der Waals surface area contributed by atoms with Gasteiger partial charge in [-0.15, -0.1) is 10.2 Å². The highest BCUT2D eigenvalue weighted by atomic mass is 16.5. The average molecular weight is 433 g/mol. The molecule has 166 valence electrons. The summed E-state index contributed by atoms with van der Waals surface area (Å²) < 4.78 is 10.4. The number of carbonyl (C=O) groups is 1. The summed E-state index contributed by atoms with van der Waals surface area (Å²) in [6.07, 6.45) is 1.82. The molecule has 0 spiro atoms. The summed E-state index contributed by atoms with van der Waals surface area (Å²) >= 11 is 0. The lowest BCUT2D eigenvalue weighted by molar-refractivity contribution is -0.125. The molecule has 1 fully saturated rings. The standard InChI is InChI=1S/C25H28N4O3/c1-31-21-9-5-18(6-10-21)16-26-25(30)20-4-3-15-29(17-20)24-14-13-23(27-28-24)19-7-11-22(32-2)12-8-19/h5-14,20H,3-4,15-17H2,1-2H3,(H,26,30). The average Bonchev–Trinajstić information content (AvgIpc) is 2.88. The van der Waals surface area contributed by atoms with E-state index >= 15 is 0 Å². The van der Waals surface area contributed by atoms with Crippen molar-refractivity contribution in [3.05, 3.63) is 66.2 Å². The maximum atomic E-state index is 12.8. The van der Waals surface area contributed by atoms with Crippen LogP contribution in [0.5, 0.6) is 11.5 Å². The van der Waals surface area contributed by atoms with Gasteiger partial charge in [0.2, 0.25) is 5.91 Å². The van der Waals surface area contributed by atoms with Gasteiger partial charge in [-0.2, -0.15) is 0 Å². The number of rotatable bonds is 7. The lowest BCUT2D eigenvalue weighted by Gasteiger charge is -2.32. The maximum Gasteiger partial charge on any atom is 0.225 e. The molecular weight excluding hydrogens is 404 g/mol. The molecule has 2 heterocycles. The number of benzene rings is 2. The van der Waals surface area contributed by atoms with Crippen LogP contribution in [-0.2, 0) is 11.3 Å². The van der Waals surface area contributed by atoms with Gasteiger partial charge in [-0.1, -0.05) is 12.1 Å². The van der Waals surface area contributed by atoms with Crippen LogP contribution in [0.4, 0.5) is 5.82 Å². The third kappa shape index (κ3) is 5.17. The van der Waals surface area contributed by atoms with Crippen LogP contribution < -0.4 is 19.7 Å². The molecule has 0 saturated carbocycles. The van der Waals surface area contributed by atoms with Gasteiger partial charge in [-0.3, -0.25) is 4.79 Å². The molecule has 1 atom stereocenters. The number of nitrogens with one attached hydrogen (secondary N) is 1. The Balaban J connectivity index is 1.34. The van der Waals surface area contributed by atoms with Crippen LogP contribution in [0.25, 0.3) is 11.3 Å². The second-order valence-corrected chi connectivity index (χ2v) is 7.86. The zero-order valence-electron chi connectivity index (χ0n) is 18.5. The summed E-state index contributed by atoms with van der Waals surface area (Å²) in [7, 11) is 3.29. The summed E-state index contributed by atoms with van der Waals surface area (Å²) in [5.41, 5.74) is 2.84. The minimum Gasteiger partial charge on any atom is -0.497 e. The Hall–Kier alpha value is -3.61. The van der Waals surface area contributed by atoms with Crippen LogP contribution in [0, 0.1) is 5.92 Å². The number of piperidine rings is 1. The number of hydrogen-bond acceptors (Lipinski definition) is 6. The van der Waals surface area contributed by atoms with Gasteiger partial charge in [0.25, 0.3) is 0 Å². The summed E-state index contributed by atoms with van der Waals surface area (Å²) in [6.45, 7) is 2.03. The molecule has 0 aliphatic carbocycles. The molecule has 1 aliphatic rings. The van der Waals surface area contributed by atoms with Gasteiger partial charge >= 0.3 is 0 Å². The van der Waals surface area contributed by atoms with E-state index in [1.54, 1.807) is 14.2 Å². The zero-order chi connectivity index (χ0) is 22.3. The van der Waals surface area contributed by atoms with Crippen molar-refractivity contribution in [2.75, 3.05) is 32.2 Å². The van der Waals surface area contributed by atoms with Crippen LogP contribution in [0.3, 0.4) is 0 Å². The van der Waals surface area contributed by atoms with E-state index < -0.39 is 0 Å². The van der Waals surface area contributed by atoms with Crippen molar-refractivity contribution in [3.63, 3.8) is 0 Å². The van der Waals surface area contributed by atoms with Crippen LogP contribution in [0.2, 0.25) is 0 Å². The topological polar surface area (TPSA) is 76.6 Å². The number of nitrogens with zero attached hydrogens (tertiary/aromatic N) is 3. The molecular formula is C25H28N4O3. The Kier molecular flexibility index (Phi) is 6.84. The third-order valence-electron chi connectivity index (χ3n) is 5.78. The van der Waals surface area contributed by atoms with E-state index in [0.717, 1.165) is 53.5 Å². The van der Waals surface area contributed by atoms with Crippen molar-refractivity contribution in [1.29, 1.82) is 0 Å². The fraction of sp³-hybridized carbons (Fsp3) is 0.320. The first-order chi connectivity index (χ1) is 15.7. The zero-order valence-corrected chi connectivity index (χ0v) is 18.5. The van der Waals surface area contributed by atoms with E-state index in [2.05, 4.69) is 20.4 Å². The quantitative estimate of drug-likeness (QED) is 0.614. The van der Waals surface area contributed by atoms with Crippen molar-refractivity contribution in [3.8, 4) is 22.8 Å². The van der Waals surface area contributed by atoms with Crippen molar-refractivity contribution >= 4 is 11.7 Å². The van der Waals surface area contributed by atoms with E-state index in [9.17, 15) is 4.79 Å². The first-order valence-corrected chi connectivity index (χ1v) is 10.8. The third-order valence-corrected chi connectivity index (χ3v) is 5.78. The second-order valence-electron chi connectivity index (χ2n) is 7.86. The van der Waals surface area contributed by atoms with Gasteiger partial charge in [0.05, 0.1) is 25.8 Å². The molecule has 7 heteroatoms. The maximum absolute atomic E-state index is 12.8. The number of anilines is 1. The highest BCUT2D eigenvalue weighted by Crippen LogP contribution is 2.24. The Labute approximate surface area is 188 Å². The van der Waals surface area contributed by atoms with E-state index in [4.69, 9.17) is 9.47 Å². The van der Waals surface area contributed by atoms with E-state index in [0.29, 0.717) is 13.1 Å². The normalized spacial score (nSPS) is 15.8. The molecule has 1 amide bonds. The van der Waals surface area contributed by atoms with Gasteiger partial charge in [-0.25, -0.2) is 0 Å². The molecule has 1 aromatic heterocycles. The van der Waals surface area contributed by atoms with Crippen LogP contribution >= 0.6 is 0 Å². The minimum atomic E-state index is -0.0648. The van der Waals surface area contributed by atoms with Crippen molar-refractivity contribution in [1.82, 2.24) is 15.5 Å². The fourth-order valence-electron chi connectivity index (χ4n) is 3.89. The molecule has 1 unspecified atom stereocenters. The predicted octanol–water partition coefficient (Wildman–Crippen LogP) is 3.69. The van der Waals surface area contributed by atoms with Crippen LogP contribution in [0.15, 0.2) is 60.7 Å². The molecule has 7 nitrogen and oxygen atoms in total. The van der Waals surface area contributed by atoms with Gasteiger partial charge in [-0.05, 0) is 66.9 Å². The summed E-state index contributed by atoms with van der Waals surface area (Å²) in [5, 5.41) is 11.9. The summed E-state index contributed by atoms with van der Waals surface area (Å²) in [6, 6.07) is 19.4. The molecule has 2 aromatic carbocycles. The SMILES string of the molecule is COc1ccc(CNC(=O)C2CCCN(c3ccc(-c4ccc(OC)cc4)nn3)C2)cc1. The van der Waals surface area contributed by atoms with Gasteiger partial charge in [0.15, 0.2) is 5.82 Å².